The molecule has 0 aliphatic carbocycles. The number of aryl methyl sites for hydroxylation is 1. The van der Waals surface area contributed by atoms with Gasteiger partial charge in [0, 0.05) is 30.7 Å². The molecule has 0 aliphatic heterocycles. The molecule has 0 bridgehead atoms. The molecule has 1 heterocycles. The van der Waals surface area contributed by atoms with Gasteiger partial charge in [0.05, 0.1) is 12.0 Å². The van der Waals surface area contributed by atoms with Crippen molar-refractivity contribution < 1.29 is 0 Å². The number of nitrogens with zero attached hydrogens (tertiary/aromatic N) is 3. The van der Waals surface area contributed by atoms with Crippen LogP contribution in [0.25, 0.3) is 5.57 Å². The zero-order chi connectivity index (χ0) is 11.1. The third kappa shape index (κ3) is 3.20. The molecule has 3 heteroatoms. The third-order valence-electron chi connectivity index (χ3n) is 2.04. The second-order valence-electron chi connectivity index (χ2n) is 3.12. The molecule has 0 fully saturated rings. The van der Waals surface area contributed by atoms with Crippen LogP contribution < -0.4 is 0 Å². The Hall–Kier alpha value is -1.64. The minimum Gasteiger partial charge on any atom is -0.337 e. The van der Waals surface area contributed by atoms with E-state index in [9.17, 15) is 0 Å². The average molecular weight is 203 g/mol. The normalized spacial score (nSPS) is 12.3. The molecule has 1 aromatic heterocycles. The van der Waals surface area contributed by atoms with E-state index in [2.05, 4.69) is 36.5 Å². The summed E-state index contributed by atoms with van der Waals surface area (Å²) < 4.78 is 2.04. The predicted molar refractivity (Wildman–Crippen MR) is 64.9 cm³/mol. The van der Waals surface area contributed by atoms with Crippen molar-refractivity contribution >= 4 is 11.8 Å². The minimum absolute atomic E-state index is 0.936. The summed E-state index contributed by atoms with van der Waals surface area (Å²) in [6.45, 7) is 8.68. The van der Waals surface area contributed by atoms with E-state index < -0.39 is 0 Å². The summed E-state index contributed by atoms with van der Waals surface area (Å²) in [6, 6.07) is 0. The fourth-order valence-corrected chi connectivity index (χ4v) is 1.26. The standard InChI is InChI=1S/C12H17N3/c1-4-7-11(8-13-5-2)12-9-15(6-3)10-14-12/h5,7-10H,2,4,6H2,1,3H3/b11-7+,13-8?. The quantitative estimate of drug-likeness (QED) is 0.677. The Kier molecular flexibility index (Phi) is 4.54. The molecule has 80 valence electrons. The predicted octanol–water partition coefficient (Wildman–Crippen LogP) is 2.91. The van der Waals surface area contributed by atoms with E-state index in [4.69, 9.17) is 0 Å². The van der Waals surface area contributed by atoms with Gasteiger partial charge in [-0.2, -0.15) is 0 Å². The first kappa shape index (κ1) is 11.4. The number of allylic oxidation sites excluding steroid dienone is 2. The topological polar surface area (TPSA) is 30.2 Å². The second-order valence-corrected chi connectivity index (χ2v) is 3.12. The van der Waals surface area contributed by atoms with Crippen LogP contribution in [0, 0.1) is 0 Å². The van der Waals surface area contributed by atoms with Crippen molar-refractivity contribution in [1.29, 1.82) is 0 Å². The van der Waals surface area contributed by atoms with Crippen LogP contribution in [0.5, 0.6) is 0 Å². The summed E-state index contributed by atoms with van der Waals surface area (Å²) >= 11 is 0. The van der Waals surface area contributed by atoms with Gasteiger partial charge in [0.2, 0.25) is 0 Å². The largest absolute Gasteiger partial charge is 0.337 e. The number of hydrogen-bond acceptors (Lipinski definition) is 2. The minimum atomic E-state index is 0.936. The molecule has 3 nitrogen and oxygen atoms in total. The van der Waals surface area contributed by atoms with Crippen LogP contribution in [0.3, 0.4) is 0 Å². The highest BCUT2D eigenvalue weighted by atomic mass is 15.0. The first-order valence-corrected chi connectivity index (χ1v) is 5.18. The summed E-state index contributed by atoms with van der Waals surface area (Å²) in [5, 5.41) is 0. The third-order valence-corrected chi connectivity index (χ3v) is 2.04. The maximum Gasteiger partial charge on any atom is 0.0953 e. The van der Waals surface area contributed by atoms with E-state index in [0.717, 1.165) is 24.2 Å². The molecule has 1 rings (SSSR count). The molecule has 1 aromatic rings. The number of rotatable bonds is 5. The lowest BCUT2D eigenvalue weighted by Crippen LogP contribution is -1.88. The molecule has 0 aromatic carbocycles. The first-order valence-electron chi connectivity index (χ1n) is 5.18. The lowest BCUT2D eigenvalue weighted by atomic mass is 10.2. The number of aliphatic imine (C=N–C) groups is 1. The molecule has 0 radical (unpaired) electrons. The fourth-order valence-electron chi connectivity index (χ4n) is 1.26. The van der Waals surface area contributed by atoms with Gasteiger partial charge in [-0.1, -0.05) is 19.6 Å². The molecule has 15 heavy (non-hydrogen) atoms. The van der Waals surface area contributed by atoms with Crippen LogP contribution in [0.2, 0.25) is 0 Å². The number of aromatic nitrogens is 2. The summed E-state index contributed by atoms with van der Waals surface area (Å²) in [5.74, 6) is 0. The zero-order valence-electron chi connectivity index (χ0n) is 9.35. The van der Waals surface area contributed by atoms with E-state index in [0.29, 0.717) is 0 Å². The van der Waals surface area contributed by atoms with Gasteiger partial charge in [-0.3, -0.25) is 4.99 Å². The van der Waals surface area contributed by atoms with Crippen LogP contribution in [0.1, 0.15) is 26.0 Å². The molecular weight excluding hydrogens is 186 g/mol. The fraction of sp³-hybridized carbons (Fsp3) is 0.333. The summed E-state index contributed by atoms with van der Waals surface area (Å²) in [6.07, 6.45) is 10.3. The Morgan fingerprint density at radius 1 is 1.60 bits per heavy atom. The second kappa shape index (κ2) is 5.96. The van der Waals surface area contributed by atoms with Crippen molar-refractivity contribution in [2.75, 3.05) is 0 Å². The van der Waals surface area contributed by atoms with Crippen molar-refractivity contribution in [1.82, 2.24) is 9.55 Å². The molecule has 0 saturated carbocycles. The van der Waals surface area contributed by atoms with Gasteiger partial charge in [0.1, 0.15) is 0 Å². The van der Waals surface area contributed by atoms with E-state index in [1.54, 1.807) is 6.21 Å². The van der Waals surface area contributed by atoms with Gasteiger partial charge < -0.3 is 4.57 Å². The first-order chi connectivity index (χ1) is 7.31. The smallest absolute Gasteiger partial charge is 0.0953 e. The Bertz CT molecular complexity index is 372. The zero-order valence-corrected chi connectivity index (χ0v) is 9.35. The Morgan fingerprint density at radius 3 is 2.93 bits per heavy atom. The van der Waals surface area contributed by atoms with Crippen molar-refractivity contribution in [3.8, 4) is 0 Å². The summed E-state index contributed by atoms with van der Waals surface area (Å²) in [5.41, 5.74) is 2.01. The van der Waals surface area contributed by atoms with Crippen molar-refractivity contribution in [2.45, 2.75) is 26.8 Å². The van der Waals surface area contributed by atoms with Crippen LogP contribution in [0.4, 0.5) is 0 Å². The van der Waals surface area contributed by atoms with Gasteiger partial charge in [-0.05, 0) is 13.3 Å². The van der Waals surface area contributed by atoms with Gasteiger partial charge >= 0.3 is 0 Å². The van der Waals surface area contributed by atoms with Crippen LogP contribution >= 0.6 is 0 Å². The molecule has 0 saturated heterocycles. The van der Waals surface area contributed by atoms with Gasteiger partial charge in [-0.25, -0.2) is 4.98 Å². The average Bonchev–Trinajstić information content (AvgIpc) is 2.72. The number of hydrogen-bond donors (Lipinski definition) is 0. The van der Waals surface area contributed by atoms with Gasteiger partial charge in [-0.15, -0.1) is 0 Å². The van der Waals surface area contributed by atoms with E-state index in [1.807, 2.05) is 17.1 Å². The van der Waals surface area contributed by atoms with Gasteiger partial charge in [0.15, 0.2) is 0 Å². The van der Waals surface area contributed by atoms with Crippen molar-refractivity contribution in [2.24, 2.45) is 4.99 Å². The number of imidazole rings is 1. The van der Waals surface area contributed by atoms with E-state index in [1.165, 1.54) is 6.20 Å². The highest BCUT2D eigenvalue weighted by molar-refractivity contribution is 6.09. The molecule has 0 spiro atoms. The Labute approximate surface area is 90.9 Å². The molecule has 0 atom stereocenters. The molecule has 0 amide bonds. The maximum absolute atomic E-state index is 4.33. The van der Waals surface area contributed by atoms with Crippen molar-refractivity contribution in [3.05, 3.63) is 37.1 Å². The van der Waals surface area contributed by atoms with Crippen LogP contribution in [-0.2, 0) is 6.54 Å². The maximum atomic E-state index is 4.33. The molecule has 0 aliphatic rings. The lowest BCUT2D eigenvalue weighted by molar-refractivity contribution is 0.761. The SMILES string of the molecule is C=CN=C/C(=C\CC)c1cn(CC)cn1. The van der Waals surface area contributed by atoms with E-state index >= 15 is 0 Å². The van der Waals surface area contributed by atoms with Crippen LogP contribution in [-0.4, -0.2) is 15.8 Å². The summed E-state index contributed by atoms with van der Waals surface area (Å²) in [7, 11) is 0. The molecular formula is C12H17N3. The van der Waals surface area contributed by atoms with Gasteiger partial charge in [0.25, 0.3) is 0 Å². The Morgan fingerprint density at radius 2 is 2.40 bits per heavy atom. The van der Waals surface area contributed by atoms with E-state index in [-0.39, 0.29) is 0 Å². The molecule has 0 N–H and O–H groups in total. The highest BCUT2D eigenvalue weighted by Crippen LogP contribution is 2.10. The van der Waals surface area contributed by atoms with Crippen LogP contribution in [0.15, 0.2) is 36.4 Å². The van der Waals surface area contributed by atoms with Crippen molar-refractivity contribution in [3.63, 3.8) is 0 Å². The monoisotopic (exact) mass is 203 g/mol. The Balaban J connectivity index is 2.93. The lowest BCUT2D eigenvalue weighted by Gasteiger charge is -1.95. The highest BCUT2D eigenvalue weighted by Gasteiger charge is 2.01. The summed E-state index contributed by atoms with van der Waals surface area (Å²) in [4.78, 5) is 8.35. The molecule has 0 unspecified atom stereocenters.